The molecule has 1 heterocycles. The molecule has 1 N–H and O–H groups in total. The van der Waals surface area contributed by atoms with E-state index in [0.29, 0.717) is 18.2 Å². The number of hydrogen-bond acceptors (Lipinski definition) is 5. The summed E-state index contributed by atoms with van der Waals surface area (Å²) in [4.78, 5) is 0. The van der Waals surface area contributed by atoms with Crippen LogP contribution in [0, 0.1) is 0 Å². The lowest BCUT2D eigenvalue weighted by Crippen LogP contribution is -2.10. The number of hydrogen-bond donors (Lipinski definition) is 1. The molecule has 80 valence electrons. The van der Waals surface area contributed by atoms with E-state index in [-0.39, 0.29) is 12.4 Å². The first-order valence-electron chi connectivity index (χ1n) is 4.17. The molecule has 0 saturated heterocycles. The fourth-order valence-electron chi connectivity index (χ4n) is 1.20. The molecule has 0 fully saturated rings. The quantitative estimate of drug-likeness (QED) is 0.726. The number of aliphatic hydroxyl groups is 1. The average Bonchev–Trinajstić information content (AvgIpc) is 2.43. The fraction of sp³-hybridized carbons (Fsp3) is 0.714. The first-order valence-corrected chi connectivity index (χ1v) is 6.23. The summed E-state index contributed by atoms with van der Waals surface area (Å²) in [5.74, 6) is 0.624. The van der Waals surface area contributed by atoms with Gasteiger partial charge in [0.15, 0.2) is 15.7 Å². The Balaban J connectivity index is 3.04. The van der Waals surface area contributed by atoms with Gasteiger partial charge in [0.2, 0.25) is 0 Å². The summed E-state index contributed by atoms with van der Waals surface area (Å²) in [5, 5.41) is 16.3. The zero-order valence-electron chi connectivity index (χ0n) is 8.13. The van der Waals surface area contributed by atoms with E-state index in [9.17, 15) is 8.42 Å². The zero-order valence-corrected chi connectivity index (χ0v) is 8.95. The maximum absolute atomic E-state index is 11.0. The Labute approximate surface area is 82.5 Å². The van der Waals surface area contributed by atoms with Gasteiger partial charge in [-0.2, -0.15) is 0 Å². The fourth-order valence-corrected chi connectivity index (χ4v) is 1.88. The number of sulfone groups is 1. The molecule has 0 aromatic carbocycles. The van der Waals surface area contributed by atoms with E-state index in [0.717, 1.165) is 6.26 Å². The van der Waals surface area contributed by atoms with Crippen LogP contribution >= 0.6 is 0 Å². The second kappa shape index (κ2) is 4.05. The Kier molecular flexibility index (Phi) is 3.22. The summed E-state index contributed by atoms with van der Waals surface area (Å²) in [5.41, 5.74) is 0. The standard InChI is InChI=1S/C7H13N3O3S/c1-3-10-6(4-11)8-9-7(10)5-14(2,12)13/h11H,3-5H2,1-2H3. The molecule has 14 heavy (non-hydrogen) atoms. The normalized spacial score (nSPS) is 11.9. The molecule has 0 amide bonds. The van der Waals surface area contributed by atoms with E-state index in [1.165, 1.54) is 0 Å². The molecule has 0 aliphatic carbocycles. The molecule has 0 radical (unpaired) electrons. The van der Waals surface area contributed by atoms with Crippen molar-refractivity contribution < 1.29 is 13.5 Å². The van der Waals surface area contributed by atoms with E-state index < -0.39 is 9.84 Å². The minimum absolute atomic E-state index is 0.145. The second-order valence-corrected chi connectivity index (χ2v) is 5.15. The third kappa shape index (κ3) is 2.52. The van der Waals surface area contributed by atoms with Crippen LogP contribution in [0.5, 0.6) is 0 Å². The van der Waals surface area contributed by atoms with Crippen LogP contribution in [-0.2, 0) is 28.7 Å². The first-order chi connectivity index (χ1) is 6.48. The maximum Gasteiger partial charge on any atom is 0.158 e. The van der Waals surface area contributed by atoms with Gasteiger partial charge in [0, 0.05) is 12.8 Å². The highest BCUT2D eigenvalue weighted by atomic mass is 32.2. The topological polar surface area (TPSA) is 85.1 Å². The Morgan fingerprint density at radius 3 is 2.36 bits per heavy atom. The molecule has 6 nitrogen and oxygen atoms in total. The van der Waals surface area contributed by atoms with Gasteiger partial charge in [0.25, 0.3) is 0 Å². The molecule has 1 aromatic heterocycles. The van der Waals surface area contributed by atoms with Crippen molar-refractivity contribution in [2.24, 2.45) is 0 Å². The van der Waals surface area contributed by atoms with Gasteiger partial charge in [-0.1, -0.05) is 0 Å². The molecule has 1 rings (SSSR count). The predicted molar refractivity (Wildman–Crippen MR) is 50.2 cm³/mol. The van der Waals surface area contributed by atoms with E-state index in [1.807, 2.05) is 6.92 Å². The van der Waals surface area contributed by atoms with E-state index >= 15 is 0 Å². The minimum atomic E-state index is -3.11. The number of aliphatic hydroxyl groups excluding tert-OH is 1. The lowest BCUT2D eigenvalue weighted by molar-refractivity contribution is 0.265. The Morgan fingerprint density at radius 2 is 1.93 bits per heavy atom. The molecule has 1 aromatic rings. The van der Waals surface area contributed by atoms with Crippen molar-refractivity contribution in [1.82, 2.24) is 14.8 Å². The van der Waals surface area contributed by atoms with E-state index in [1.54, 1.807) is 4.57 Å². The van der Waals surface area contributed by atoms with Crippen molar-refractivity contribution in [3.05, 3.63) is 11.6 Å². The van der Waals surface area contributed by atoms with Crippen LogP contribution in [0.25, 0.3) is 0 Å². The molecule has 0 aliphatic heterocycles. The van der Waals surface area contributed by atoms with Gasteiger partial charge in [0.05, 0.1) is 0 Å². The van der Waals surface area contributed by atoms with Crippen molar-refractivity contribution in [2.45, 2.75) is 25.8 Å². The summed E-state index contributed by atoms with van der Waals surface area (Å²) in [6, 6.07) is 0. The van der Waals surface area contributed by atoms with Gasteiger partial charge < -0.3 is 9.67 Å². The van der Waals surface area contributed by atoms with E-state index in [4.69, 9.17) is 5.11 Å². The molecule has 0 spiro atoms. The summed E-state index contributed by atoms with van der Waals surface area (Å²) in [7, 11) is -3.11. The maximum atomic E-state index is 11.0. The summed E-state index contributed by atoms with van der Waals surface area (Å²) < 4.78 is 23.6. The molecular formula is C7H13N3O3S. The third-order valence-electron chi connectivity index (χ3n) is 1.75. The zero-order chi connectivity index (χ0) is 10.8. The molecule has 0 bridgehead atoms. The van der Waals surface area contributed by atoms with Gasteiger partial charge in [-0.3, -0.25) is 0 Å². The smallest absolute Gasteiger partial charge is 0.158 e. The Bertz CT molecular complexity index is 410. The molecule has 0 atom stereocenters. The molecule has 7 heteroatoms. The molecular weight excluding hydrogens is 206 g/mol. The Morgan fingerprint density at radius 1 is 1.36 bits per heavy atom. The van der Waals surface area contributed by atoms with Gasteiger partial charge in [-0.05, 0) is 6.92 Å². The largest absolute Gasteiger partial charge is 0.388 e. The highest BCUT2D eigenvalue weighted by Gasteiger charge is 2.14. The van der Waals surface area contributed by atoms with Gasteiger partial charge in [-0.25, -0.2) is 8.42 Å². The van der Waals surface area contributed by atoms with Crippen molar-refractivity contribution in [1.29, 1.82) is 0 Å². The second-order valence-electron chi connectivity index (χ2n) is 3.00. The van der Waals surface area contributed by atoms with Crippen molar-refractivity contribution in [3.63, 3.8) is 0 Å². The van der Waals surface area contributed by atoms with Gasteiger partial charge in [-0.15, -0.1) is 10.2 Å². The van der Waals surface area contributed by atoms with Crippen LogP contribution in [0.1, 0.15) is 18.6 Å². The predicted octanol–water partition coefficient (Wildman–Crippen LogP) is -0.665. The van der Waals surface area contributed by atoms with Crippen molar-refractivity contribution >= 4 is 9.84 Å². The summed E-state index contributed by atoms with van der Waals surface area (Å²) in [6.45, 7) is 2.16. The number of aromatic nitrogens is 3. The number of rotatable bonds is 4. The molecule has 0 saturated carbocycles. The monoisotopic (exact) mass is 219 g/mol. The summed E-state index contributed by atoms with van der Waals surface area (Å²) >= 11 is 0. The number of nitrogens with zero attached hydrogens (tertiary/aromatic N) is 3. The molecule has 0 unspecified atom stereocenters. The van der Waals surface area contributed by atoms with Crippen LogP contribution in [0.15, 0.2) is 0 Å². The summed E-state index contributed by atoms with van der Waals surface area (Å²) in [6.07, 6.45) is 1.14. The van der Waals surface area contributed by atoms with Crippen LogP contribution in [0.3, 0.4) is 0 Å². The molecule has 0 aliphatic rings. The van der Waals surface area contributed by atoms with Crippen LogP contribution in [0.4, 0.5) is 0 Å². The highest BCUT2D eigenvalue weighted by Crippen LogP contribution is 2.05. The lowest BCUT2D eigenvalue weighted by Gasteiger charge is -2.04. The minimum Gasteiger partial charge on any atom is -0.388 e. The van der Waals surface area contributed by atoms with Crippen molar-refractivity contribution in [2.75, 3.05) is 6.26 Å². The Hall–Kier alpha value is -0.950. The van der Waals surface area contributed by atoms with Crippen LogP contribution < -0.4 is 0 Å². The third-order valence-corrected chi connectivity index (χ3v) is 2.54. The highest BCUT2D eigenvalue weighted by molar-refractivity contribution is 7.89. The van der Waals surface area contributed by atoms with Crippen LogP contribution in [-0.4, -0.2) is 34.5 Å². The SMILES string of the molecule is CCn1c(CO)nnc1CS(C)(=O)=O. The van der Waals surface area contributed by atoms with Crippen molar-refractivity contribution in [3.8, 4) is 0 Å². The average molecular weight is 219 g/mol. The van der Waals surface area contributed by atoms with Gasteiger partial charge >= 0.3 is 0 Å². The van der Waals surface area contributed by atoms with E-state index in [2.05, 4.69) is 10.2 Å². The first kappa shape index (κ1) is 11.1. The van der Waals surface area contributed by atoms with Crippen LogP contribution in [0.2, 0.25) is 0 Å². The van der Waals surface area contributed by atoms with Gasteiger partial charge in [0.1, 0.15) is 18.2 Å². The lowest BCUT2D eigenvalue weighted by atomic mass is 10.5.